The number of halogens is 2. The van der Waals surface area contributed by atoms with Crippen LogP contribution >= 0.6 is 11.8 Å². The average molecular weight is 402 g/mol. The molecule has 4 rings (SSSR count). The quantitative estimate of drug-likeness (QED) is 0.811. The van der Waals surface area contributed by atoms with E-state index in [0.717, 1.165) is 37.6 Å². The summed E-state index contributed by atoms with van der Waals surface area (Å²) in [5.74, 6) is -0.345. The minimum Gasteiger partial charge on any atom is -0.379 e. The lowest BCUT2D eigenvalue weighted by molar-refractivity contribution is 0.102. The Balaban J connectivity index is 1.68. The Bertz CT molecular complexity index is 934. The third-order valence-electron chi connectivity index (χ3n) is 5.43. The third-order valence-corrected chi connectivity index (χ3v) is 6.38. The molecule has 1 amide bonds. The molecule has 1 aromatic heterocycles. The van der Waals surface area contributed by atoms with E-state index in [-0.39, 0.29) is 17.4 Å². The maximum absolute atomic E-state index is 14.9. The Labute approximate surface area is 165 Å². The second kappa shape index (κ2) is 7.50. The van der Waals surface area contributed by atoms with Crippen molar-refractivity contribution >= 4 is 28.5 Å². The SMILES string of the molecule is NC1=N[C@@]2(c3cc(NC(=O)c4ccc(F)cn4)ccc3F)CCCC[C@H]2CS1. The second-order valence-electron chi connectivity index (χ2n) is 7.14. The normalized spacial score (nSPS) is 24.2. The van der Waals surface area contributed by atoms with Gasteiger partial charge in [0.2, 0.25) is 0 Å². The van der Waals surface area contributed by atoms with E-state index in [4.69, 9.17) is 10.7 Å². The molecular formula is C20H20F2N4OS. The standard InChI is InChI=1S/C20H20F2N4OS/c21-13-4-7-17(24-10-13)18(27)25-14-5-6-16(22)15(9-14)20-8-2-1-3-12(20)11-28-19(23)26-20/h4-7,9-10,12H,1-3,8,11H2,(H2,23,26)(H,25,27)/t12-,20-/m0/s1. The third kappa shape index (κ3) is 3.48. The van der Waals surface area contributed by atoms with Gasteiger partial charge in [0.15, 0.2) is 5.17 Å². The number of fused-ring (bicyclic) bond motifs is 1. The molecule has 1 aliphatic heterocycles. The summed E-state index contributed by atoms with van der Waals surface area (Å²) in [4.78, 5) is 20.9. The molecule has 28 heavy (non-hydrogen) atoms. The first-order chi connectivity index (χ1) is 13.5. The Morgan fingerprint density at radius 2 is 2.11 bits per heavy atom. The van der Waals surface area contributed by atoms with Crippen LogP contribution in [-0.4, -0.2) is 21.8 Å². The molecule has 8 heteroatoms. The number of anilines is 1. The van der Waals surface area contributed by atoms with Crippen molar-refractivity contribution in [1.82, 2.24) is 4.98 Å². The lowest BCUT2D eigenvalue weighted by Crippen LogP contribution is -2.43. The number of carbonyl (C=O) groups excluding carboxylic acids is 1. The van der Waals surface area contributed by atoms with E-state index >= 15 is 0 Å². The highest BCUT2D eigenvalue weighted by molar-refractivity contribution is 8.13. The fourth-order valence-electron chi connectivity index (χ4n) is 4.07. The molecule has 1 aromatic carbocycles. The van der Waals surface area contributed by atoms with Crippen LogP contribution in [0.5, 0.6) is 0 Å². The van der Waals surface area contributed by atoms with E-state index in [1.807, 2.05) is 0 Å². The molecule has 1 saturated carbocycles. The van der Waals surface area contributed by atoms with E-state index in [2.05, 4.69) is 10.3 Å². The number of hydrogen-bond acceptors (Lipinski definition) is 5. The zero-order chi connectivity index (χ0) is 19.7. The van der Waals surface area contributed by atoms with Crippen molar-refractivity contribution in [2.24, 2.45) is 16.6 Å². The van der Waals surface area contributed by atoms with Gasteiger partial charge >= 0.3 is 0 Å². The second-order valence-corrected chi connectivity index (χ2v) is 8.18. The molecule has 2 aromatic rings. The minimum atomic E-state index is -0.688. The van der Waals surface area contributed by atoms with Crippen LogP contribution in [0, 0.1) is 17.6 Å². The number of aromatic nitrogens is 1. The van der Waals surface area contributed by atoms with Gasteiger partial charge in [-0.1, -0.05) is 24.6 Å². The highest BCUT2D eigenvalue weighted by atomic mass is 32.2. The lowest BCUT2D eigenvalue weighted by Gasteiger charge is -2.44. The van der Waals surface area contributed by atoms with Crippen LogP contribution in [0.4, 0.5) is 14.5 Å². The molecule has 0 spiro atoms. The van der Waals surface area contributed by atoms with Crippen LogP contribution in [-0.2, 0) is 5.54 Å². The summed E-state index contributed by atoms with van der Waals surface area (Å²) in [7, 11) is 0. The van der Waals surface area contributed by atoms with Gasteiger partial charge in [0.25, 0.3) is 5.91 Å². The fraction of sp³-hybridized carbons (Fsp3) is 0.350. The zero-order valence-corrected chi connectivity index (χ0v) is 15.9. The van der Waals surface area contributed by atoms with Crippen molar-refractivity contribution in [3.05, 3.63) is 59.4 Å². The van der Waals surface area contributed by atoms with E-state index in [1.165, 1.54) is 36.0 Å². The number of rotatable bonds is 3. The molecule has 2 aliphatic rings. The molecule has 5 nitrogen and oxygen atoms in total. The summed E-state index contributed by atoms with van der Waals surface area (Å²) in [5, 5.41) is 3.19. The number of hydrogen-bond donors (Lipinski definition) is 2. The van der Waals surface area contributed by atoms with Gasteiger partial charge in [0, 0.05) is 17.0 Å². The predicted octanol–water partition coefficient (Wildman–Crippen LogP) is 4.06. The monoisotopic (exact) mass is 402 g/mol. The number of nitrogens with zero attached hydrogens (tertiary/aromatic N) is 2. The van der Waals surface area contributed by atoms with Gasteiger partial charge in [-0.2, -0.15) is 0 Å². The maximum atomic E-state index is 14.9. The van der Waals surface area contributed by atoms with Crippen LogP contribution in [0.3, 0.4) is 0 Å². The number of carbonyl (C=O) groups is 1. The smallest absolute Gasteiger partial charge is 0.274 e. The number of amides is 1. The molecule has 0 saturated heterocycles. The molecule has 1 fully saturated rings. The number of nitrogens with one attached hydrogen (secondary N) is 1. The summed E-state index contributed by atoms with van der Waals surface area (Å²) >= 11 is 1.51. The van der Waals surface area contributed by atoms with Gasteiger partial charge in [-0.25, -0.2) is 13.8 Å². The Hall–Kier alpha value is -2.48. The van der Waals surface area contributed by atoms with Crippen molar-refractivity contribution in [2.45, 2.75) is 31.2 Å². The van der Waals surface area contributed by atoms with E-state index in [0.29, 0.717) is 16.4 Å². The predicted molar refractivity (Wildman–Crippen MR) is 106 cm³/mol. The molecule has 2 atom stereocenters. The van der Waals surface area contributed by atoms with Crippen molar-refractivity contribution < 1.29 is 13.6 Å². The summed E-state index contributed by atoms with van der Waals surface area (Å²) in [5.41, 5.74) is 6.30. The van der Waals surface area contributed by atoms with Gasteiger partial charge in [0.05, 0.1) is 11.7 Å². The van der Waals surface area contributed by atoms with Crippen molar-refractivity contribution in [1.29, 1.82) is 0 Å². The molecule has 3 N–H and O–H groups in total. The van der Waals surface area contributed by atoms with Gasteiger partial charge in [0.1, 0.15) is 17.3 Å². The number of aliphatic imine (C=N–C) groups is 1. The van der Waals surface area contributed by atoms with Gasteiger partial charge in [-0.3, -0.25) is 9.79 Å². The Morgan fingerprint density at radius 3 is 2.89 bits per heavy atom. The van der Waals surface area contributed by atoms with Crippen LogP contribution in [0.1, 0.15) is 41.7 Å². The number of benzene rings is 1. The van der Waals surface area contributed by atoms with Gasteiger partial charge in [-0.05, 0) is 49.1 Å². The highest BCUT2D eigenvalue weighted by Gasteiger charge is 2.46. The number of pyridine rings is 1. The first-order valence-corrected chi connectivity index (χ1v) is 10.2. The molecular weight excluding hydrogens is 382 g/mol. The van der Waals surface area contributed by atoms with Crippen LogP contribution in [0.25, 0.3) is 0 Å². The summed E-state index contributed by atoms with van der Waals surface area (Å²) in [6.07, 6.45) is 4.73. The summed E-state index contributed by atoms with van der Waals surface area (Å²) in [6, 6.07) is 6.95. The molecule has 2 heterocycles. The Morgan fingerprint density at radius 1 is 1.25 bits per heavy atom. The van der Waals surface area contributed by atoms with Crippen LogP contribution in [0.2, 0.25) is 0 Å². The van der Waals surface area contributed by atoms with Crippen LogP contribution in [0.15, 0.2) is 41.5 Å². The number of amidine groups is 1. The molecule has 1 aliphatic carbocycles. The fourth-order valence-corrected chi connectivity index (χ4v) is 5.11. The first-order valence-electron chi connectivity index (χ1n) is 9.19. The maximum Gasteiger partial charge on any atom is 0.274 e. The minimum absolute atomic E-state index is 0.0808. The molecule has 146 valence electrons. The topological polar surface area (TPSA) is 80.4 Å². The molecule has 0 unspecified atom stereocenters. The molecule has 0 radical (unpaired) electrons. The van der Waals surface area contributed by atoms with Crippen molar-refractivity contribution in [3.63, 3.8) is 0 Å². The largest absolute Gasteiger partial charge is 0.379 e. The van der Waals surface area contributed by atoms with E-state index < -0.39 is 17.3 Å². The van der Waals surface area contributed by atoms with E-state index in [9.17, 15) is 13.6 Å². The van der Waals surface area contributed by atoms with Crippen LogP contribution < -0.4 is 11.1 Å². The molecule has 0 bridgehead atoms. The lowest BCUT2D eigenvalue weighted by atomic mass is 9.69. The first kappa shape index (κ1) is 18.9. The highest BCUT2D eigenvalue weighted by Crippen LogP contribution is 2.50. The zero-order valence-electron chi connectivity index (χ0n) is 15.1. The summed E-state index contributed by atoms with van der Waals surface area (Å²) in [6.45, 7) is 0. The van der Waals surface area contributed by atoms with Crippen molar-refractivity contribution in [3.8, 4) is 0 Å². The average Bonchev–Trinajstić information content (AvgIpc) is 2.69. The Kier molecular flexibility index (Phi) is 5.05. The number of nitrogens with two attached hydrogens (primary N) is 1. The summed E-state index contributed by atoms with van der Waals surface area (Å²) < 4.78 is 27.9. The van der Waals surface area contributed by atoms with E-state index in [1.54, 1.807) is 6.07 Å². The van der Waals surface area contributed by atoms with Gasteiger partial charge < -0.3 is 11.1 Å². The van der Waals surface area contributed by atoms with Crippen molar-refractivity contribution in [2.75, 3.05) is 11.1 Å². The van der Waals surface area contributed by atoms with Gasteiger partial charge in [-0.15, -0.1) is 0 Å². The number of thioether (sulfide) groups is 1.